The van der Waals surface area contributed by atoms with Crippen molar-refractivity contribution in [2.24, 2.45) is 4.99 Å². The Morgan fingerprint density at radius 3 is 1.62 bits per heavy atom. The number of amidine groups is 1. The van der Waals surface area contributed by atoms with Crippen molar-refractivity contribution in [1.29, 1.82) is 0 Å². The van der Waals surface area contributed by atoms with Crippen LogP contribution in [0.5, 0.6) is 0 Å². The van der Waals surface area contributed by atoms with E-state index >= 15 is 0 Å². The van der Waals surface area contributed by atoms with E-state index < -0.39 is 0 Å². The van der Waals surface area contributed by atoms with E-state index in [4.69, 9.17) is 34.8 Å². The SMILES string of the molecule is CN(C)C(Cl)=NC([NH+]=C(c1ccc(Cl)cc1)c1ccc(Cl)cc1)N(C)C. The molecule has 0 heterocycles. The van der Waals surface area contributed by atoms with E-state index in [1.807, 2.05) is 81.6 Å². The number of hydrogen-bond acceptors (Lipinski definition) is 2. The topological polar surface area (TPSA) is 32.8 Å². The molecule has 0 fully saturated rings. The number of hydrogen-bond donors (Lipinski definition) is 1. The first-order valence-electron chi connectivity index (χ1n) is 8.00. The predicted molar refractivity (Wildman–Crippen MR) is 112 cm³/mol. The third-order valence-corrected chi connectivity index (χ3v) is 4.57. The molecule has 2 rings (SSSR count). The molecular weight excluding hydrogens is 391 g/mol. The number of aliphatic imine (C=N–C) groups is 1. The summed E-state index contributed by atoms with van der Waals surface area (Å²) in [6.45, 7) is 0. The minimum absolute atomic E-state index is 0.355. The zero-order valence-electron chi connectivity index (χ0n) is 15.2. The number of halogens is 3. The van der Waals surface area contributed by atoms with Crippen LogP contribution in [0.15, 0.2) is 53.5 Å². The average molecular weight is 413 g/mol. The van der Waals surface area contributed by atoms with Crippen molar-refractivity contribution in [3.63, 3.8) is 0 Å². The Hall–Kier alpha value is -1.59. The Morgan fingerprint density at radius 1 is 0.846 bits per heavy atom. The summed E-state index contributed by atoms with van der Waals surface area (Å²) in [6.07, 6.45) is -0.355. The molecule has 0 aliphatic carbocycles. The zero-order valence-corrected chi connectivity index (χ0v) is 17.4. The van der Waals surface area contributed by atoms with Gasteiger partial charge in [0.1, 0.15) is 0 Å². The average Bonchev–Trinajstić information content (AvgIpc) is 2.60. The molecule has 1 unspecified atom stereocenters. The van der Waals surface area contributed by atoms with Crippen molar-refractivity contribution in [1.82, 2.24) is 9.80 Å². The third-order valence-electron chi connectivity index (χ3n) is 3.63. The van der Waals surface area contributed by atoms with Crippen LogP contribution in [0.4, 0.5) is 0 Å². The second kappa shape index (κ2) is 9.38. The summed E-state index contributed by atoms with van der Waals surface area (Å²) in [5.41, 5.74) is 2.88. The van der Waals surface area contributed by atoms with Crippen molar-refractivity contribution < 1.29 is 4.99 Å². The summed E-state index contributed by atoms with van der Waals surface area (Å²) < 4.78 is 0. The minimum Gasteiger partial charge on any atom is -0.353 e. The van der Waals surface area contributed by atoms with Crippen LogP contribution in [0.2, 0.25) is 10.0 Å². The molecule has 7 heteroatoms. The molecule has 0 spiro atoms. The molecule has 26 heavy (non-hydrogen) atoms. The lowest BCUT2D eigenvalue weighted by molar-refractivity contribution is -0.527. The van der Waals surface area contributed by atoms with Gasteiger partial charge in [0, 0.05) is 35.3 Å². The second-order valence-electron chi connectivity index (χ2n) is 6.16. The van der Waals surface area contributed by atoms with Crippen LogP contribution in [-0.2, 0) is 0 Å². The Kier molecular flexibility index (Phi) is 7.47. The summed E-state index contributed by atoms with van der Waals surface area (Å²) in [4.78, 5) is 11.7. The highest BCUT2D eigenvalue weighted by Crippen LogP contribution is 2.15. The van der Waals surface area contributed by atoms with Gasteiger partial charge < -0.3 is 4.90 Å². The standard InChI is InChI=1S/C19H21Cl3N4/c1-25(2)18(22)24-19(26(3)4)23-17(13-5-9-15(20)10-6-13)14-7-11-16(21)12-8-14/h5-12,19H,1-4H3/p+1. The Bertz CT molecular complexity index is 734. The maximum absolute atomic E-state index is 6.24. The van der Waals surface area contributed by atoms with Crippen LogP contribution >= 0.6 is 34.8 Å². The fourth-order valence-electron chi connectivity index (χ4n) is 2.19. The molecule has 0 aliphatic heterocycles. The number of benzene rings is 2. The van der Waals surface area contributed by atoms with Gasteiger partial charge in [-0.3, -0.25) is 0 Å². The fraction of sp³-hybridized carbons (Fsp3) is 0.263. The number of nitrogens with zero attached hydrogens (tertiary/aromatic N) is 3. The van der Waals surface area contributed by atoms with E-state index in [9.17, 15) is 0 Å². The molecule has 0 amide bonds. The predicted octanol–water partition coefficient (Wildman–Crippen LogP) is 2.91. The normalized spacial score (nSPS) is 12.8. The van der Waals surface area contributed by atoms with Gasteiger partial charge in [-0.15, -0.1) is 0 Å². The van der Waals surface area contributed by atoms with E-state index in [1.54, 1.807) is 4.90 Å². The first-order valence-corrected chi connectivity index (χ1v) is 9.13. The van der Waals surface area contributed by atoms with Gasteiger partial charge in [0.2, 0.25) is 11.0 Å². The van der Waals surface area contributed by atoms with E-state index in [2.05, 4.69) is 9.98 Å². The van der Waals surface area contributed by atoms with Gasteiger partial charge >= 0.3 is 6.29 Å². The van der Waals surface area contributed by atoms with Crippen molar-refractivity contribution in [3.05, 3.63) is 69.7 Å². The van der Waals surface area contributed by atoms with Crippen LogP contribution < -0.4 is 4.99 Å². The van der Waals surface area contributed by atoms with Gasteiger partial charge in [0.25, 0.3) is 0 Å². The van der Waals surface area contributed by atoms with Crippen molar-refractivity contribution >= 4 is 45.8 Å². The van der Waals surface area contributed by atoms with Crippen LogP contribution in [0, 0.1) is 0 Å². The second-order valence-corrected chi connectivity index (χ2v) is 7.37. The molecule has 0 radical (unpaired) electrons. The van der Waals surface area contributed by atoms with Gasteiger partial charge in [-0.05, 0) is 74.2 Å². The van der Waals surface area contributed by atoms with Crippen LogP contribution in [0.3, 0.4) is 0 Å². The van der Waals surface area contributed by atoms with Crippen LogP contribution in [0.25, 0.3) is 0 Å². The minimum atomic E-state index is -0.355. The van der Waals surface area contributed by atoms with Gasteiger partial charge in [-0.1, -0.05) is 23.2 Å². The van der Waals surface area contributed by atoms with Gasteiger partial charge in [0.05, 0.1) is 0 Å². The molecular formula is C19H22Cl3N4+. The summed E-state index contributed by atoms with van der Waals surface area (Å²) in [7, 11) is 7.56. The first-order chi connectivity index (χ1) is 12.3. The first kappa shape index (κ1) is 20.7. The van der Waals surface area contributed by atoms with Crippen LogP contribution in [0.1, 0.15) is 11.1 Å². The lowest BCUT2D eigenvalue weighted by Gasteiger charge is -2.16. The lowest BCUT2D eigenvalue weighted by Crippen LogP contribution is -2.83. The Balaban J connectivity index is 2.57. The number of rotatable bonds is 5. The molecule has 0 aromatic heterocycles. The molecule has 4 nitrogen and oxygen atoms in total. The molecule has 2 aromatic rings. The molecule has 0 aliphatic rings. The quantitative estimate of drug-likeness (QED) is 0.354. The maximum atomic E-state index is 6.24. The van der Waals surface area contributed by atoms with E-state index in [0.29, 0.717) is 15.3 Å². The van der Waals surface area contributed by atoms with E-state index in [0.717, 1.165) is 16.8 Å². The highest BCUT2D eigenvalue weighted by atomic mass is 35.5. The molecule has 0 bridgehead atoms. The highest BCUT2D eigenvalue weighted by Gasteiger charge is 2.21. The monoisotopic (exact) mass is 411 g/mol. The molecule has 0 saturated heterocycles. The summed E-state index contributed by atoms with van der Waals surface area (Å²) in [6, 6.07) is 15.3. The smallest absolute Gasteiger partial charge is 0.308 e. The zero-order chi connectivity index (χ0) is 19.3. The highest BCUT2D eigenvalue weighted by molar-refractivity contribution is 6.64. The lowest BCUT2D eigenvalue weighted by atomic mass is 10.0. The van der Waals surface area contributed by atoms with Gasteiger partial charge in [-0.2, -0.15) is 4.99 Å². The van der Waals surface area contributed by atoms with Crippen molar-refractivity contribution in [2.45, 2.75) is 6.29 Å². The van der Waals surface area contributed by atoms with E-state index in [-0.39, 0.29) is 6.29 Å². The third kappa shape index (κ3) is 5.71. The van der Waals surface area contributed by atoms with Gasteiger partial charge in [-0.25, -0.2) is 9.89 Å². The van der Waals surface area contributed by atoms with Crippen molar-refractivity contribution in [2.75, 3.05) is 28.2 Å². The maximum Gasteiger partial charge on any atom is 0.308 e. The molecule has 2 aromatic carbocycles. The number of nitrogens with one attached hydrogen (secondary N) is 1. The van der Waals surface area contributed by atoms with Gasteiger partial charge in [0.15, 0.2) is 0 Å². The molecule has 1 atom stereocenters. The summed E-state index contributed by atoms with van der Waals surface area (Å²) >= 11 is 18.3. The molecule has 1 N–H and O–H groups in total. The van der Waals surface area contributed by atoms with Crippen LogP contribution in [-0.4, -0.2) is 55.3 Å². The molecule has 0 saturated carbocycles. The fourth-order valence-corrected chi connectivity index (χ4v) is 2.53. The largest absolute Gasteiger partial charge is 0.353 e. The van der Waals surface area contributed by atoms with E-state index in [1.165, 1.54) is 0 Å². The Labute approximate surface area is 169 Å². The molecule has 138 valence electrons. The Morgan fingerprint density at radius 2 is 1.27 bits per heavy atom. The summed E-state index contributed by atoms with van der Waals surface area (Å²) in [5.74, 6) is 0. The summed E-state index contributed by atoms with van der Waals surface area (Å²) in [5, 5.41) is 1.77. The van der Waals surface area contributed by atoms with Crippen molar-refractivity contribution in [3.8, 4) is 0 Å².